The van der Waals surface area contributed by atoms with Crippen molar-refractivity contribution < 1.29 is 23.8 Å². The number of rotatable bonds is 9. The summed E-state index contributed by atoms with van der Waals surface area (Å²) in [7, 11) is 1.31. The minimum Gasteiger partial charge on any atom is -0.494 e. The number of alkyl carbamates (subject to hydrolysis) is 1. The van der Waals surface area contributed by atoms with E-state index in [1.54, 1.807) is 39.0 Å². The lowest BCUT2D eigenvalue weighted by Gasteiger charge is -2.33. The first kappa shape index (κ1) is 22.8. The number of amides is 1. The molecule has 6 nitrogen and oxygen atoms in total. The van der Waals surface area contributed by atoms with Crippen LogP contribution < -0.4 is 10.1 Å². The lowest BCUT2D eigenvalue weighted by Crippen LogP contribution is -2.53. The number of hydrogen-bond donors (Lipinski definition) is 1. The number of ether oxygens (including phenoxy) is 3. The van der Waals surface area contributed by atoms with Crippen LogP contribution in [0.3, 0.4) is 0 Å². The zero-order valence-electron chi connectivity index (χ0n) is 17.4. The van der Waals surface area contributed by atoms with Crippen LogP contribution in [0.15, 0.2) is 24.3 Å². The van der Waals surface area contributed by atoms with Crippen molar-refractivity contribution in [2.24, 2.45) is 0 Å². The van der Waals surface area contributed by atoms with Crippen LogP contribution in [0.1, 0.15) is 65.9 Å². The zero-order valence-corrected chi connectivity index (χ0v) is 17.4. The van der Waals surface area contributed by atoms with E-state index in [0.29, 0.717) is 30.8 Å². The van der Waals surface area contributed by atoms with Gasteiger partial charge in [0.1, 0.15) is 11.4 Å². The van der Waals surface area contributed by atoms with E-state index in [0.717, 1.165) is 12.8 Å². The zero-order chi connectivity index (χ0) is 20.5. The molecule has 0 aliphatic heterocycles. The smallest absolute Gasteiger partial charge is 0.408 e. The first-order chi connectivity index (χ1) is 12.7. The summed E-state index contributed by atoms with van der Waals surface area (Å²) in [6, 6.07) is 7.21. The average molecular weight is 379 g/mol. The number of unbranched alkanes of at least 4 members (excludes halogenated alkanes) is 1. The first-order valence-electron chi connectivity index (χ1n) is 9.51. The van der Waals surface area contributed by atoms with Gasteiger partial charge in [-0.25, -0.2) is 9.59 Å². The van der Waals surface area contributed by atoms with Crippen molar-refractivity contribution in [1.29, 1.82) is 0 Å². The Morgan fingerprint density at radius 3 is 2.37 bits per heavy atom. The normalized spacial score (nSPS) is 13.4. The van der Waals surface area contributed by atoms with Crippen LogP contribution in [0.4, 0.5) is 4.79 Å². The van der Waals surface area contributed by atoms with Crippen LogP contribution in [0.25, 0.3) is 0 Å². The van der Waals surface area contributed by atoms with Gasteiger partial charge in [-0.2, -0.15) is 0 Å². The fraction of sp³-hybridized carbons (Fsp3) is 0.619. The molecule has 0 heterocycles. The molecule has 0 spiro atoms. The summed E-state index contributed by atoms with van der Waals surface area (Å²) in [5.41, 5.74) is -1.41. The molecule has 1 rings (SSSR count). The maximum atomic E-state index is 12.8. The second kappa shape index (κ2) is 10.2. The van der Waals surface area contributed by atoms with E-state index in [4.69, 9.17) is 14.2 Å². The van der Waals surface area contributed by atoms with Crippen LogP contribution >= 0.6 is 0 Å². The predicted octanol–water partition coefficient (Wildman–Crippen LogP) is 4.56. The van der Waals surface area contributed by atoms with Crippen molar-refractivity contribution in [1.82, 2.24) is 5.32 Å². The molecule has 1 aromatic carbocycles. The number of carbonyl (C=O) groups is 2. The number of hydrogen-bond acceptors (Lipinski definition) is 5. The fourth-order valence-corrected chi connectivity index (χ4v) is 2.76. The van der Waals surface area contributed by atoms with Gasteiger partial charge in [-0.15, -0.1) is 0 Å². The van der Waals surface area contributed by atoms with Crippen molar-refractivity contribution in [3.05, 3.63) is 29.8 Å². The van der Waals surface area contributed by atoms with Gasteiger partial charge in [0.15, 0.2) is 5.54 Å². The topological polar surface area (TPSA) is 73.9 Å². The summed E-state index contributed by atoms with van der Waals surface area (Å²) in [6.45, 7) is 9.94. The molecule has 6 heteroatoms. The van der Waals surface area contributed by atoms with Gasteiger partial charge in [-0.3, -0.25) is 0 Å². The molecule has 0 unspecified atom stereocenters. The third-order valence-electron chi connectivity index (χ3n) is 3.97. The molecule has 152 valence electrons. The van der Waals surface area contributed by atoms with E-state index in [1.165, 1.54) is 7.11 Å². The standard InChI is InChI=1S/C21H33NO5/c1-7-9-14-26-17-12-10-11-16(15-17)21(13-8-2,18(23)25-6)22-19(24)27-20(3,4)5/h10-12,15H,7-9,13-14H2,1-6H3,(H,22,24)/t21-/m1/s1. The van der Waals surface area contributed by atoms with E-state index >= 15 is 0 Å². The van der Waals surface area contributed by atoms with Crippen molar-refractivity contribution in [2.75, 3.05) is 13.7 Å². The third-order valence-corrected chi connectivity index (χ3v) is 3.97. The van der Waals surface area contributed by atoms with E-state index < -0.39 is 23.2 Å². The third kappa shape index (κ3) is 6.77. The summed E-state index contributed by atoms with van der Waals surface area (Å²) < 4.78 is 16.2. The highest BCUT2D eigenvalue weighted by Gasteiger charge is 2.43. The minimum absolute atomic E-state index is 0.372. The molecule has 1 N–H and O–H groups in total. The molecule has 1 amide bonds. The van der Waals surface area contributed by atoms with Crippen LogP contribution in [0, 0.1) is 0 Å². The molecule has 0 aromatic heterocycles. The van der Waals surface area contributed by atoms with Crippen LogP contribution in [-0.2, 0) is 19.8 Å². The first-order valence-corrected chi connectivity index (χ1v) is 9.51. The van der Waals surface area contributed by atoms with Gasteiger partial charge in [0.25, 0.3) is 0 Å². The highest BCUT2D eigenvalue weighted by atomic mass is 16.6. The van der Waals surface area contributed by atoms with Gasteiger partial charge >= 0.3 is 12.1 Å². The molecule has 1 aromatic rings. The summed E-state index contributed by atoms with van der Waals surface area (Å²) >= 11 is 0. The SMILES string of the molecule is CCCCOc1cccc([C@@](CCC)(NC(=O)OC(C)(C)C)C(=O)OC)c1. The molecule has 0 bridgehead atoms. The summed E-state index contributed by atoms with van der Waals surface area (Å²) in [5, 5.41) is 2.76. The number of carbonyl (C=O) groups excluding carboxylic acids is 2. The van der Waals surface area contributed by atoms with Gasteiger partial charge in [-0.05, 0) is 51.3 Å². The second-order valence-corrected chi connectivity index (χ2v) is 7.50. The number of esters is 1. The lowest BCUT2D eigenvalue weighted by atomic mass is 9.85. The quantitative estimate of drug-likeness (QED) is 0.503. The summed E-state index contributed by atoms with van der Waals surface area (Å²) in [4.78, 5) is 25.2. The Kier molecular flexibility index (Phi) is 8.60. The van der Waals surface area contributed by atoms with Crippen molar-refractivity contribution >= 4 is 12.1 Å². The number of benzene rings is 1. The van der Waals surface area contributed by atoms with Crippen molar-refractivity contribution in [3.63, 3.8) is 0 Å². The molecule has 0 saturated carbocycles. The largest absolute Gasteiger partial charge is 0.494 e. The fourth-order valence-electron chi connectivity index (χ4n) is 2.76. The van der Waals surface area contributed by atoms with Crippen molar-refractivity contribution in [3.8, 4) is 5.75 Å². The summed E-state index contributed by atoms with van der Waals surface area (Å²) in [5.74, 6) is 0.109. The predicted molar refractivity (Wildman–Crippen MR) is 105 cm³/mol. The molecule has 1 atom stereocenters. The second-order valence-electron chi connectivity index (χ2n) is 7.50. The van der Waals surface area contributed by atoms with Crippen LogP contribution in [0.2, 0.25) is 0 Å². The van der Waals surface area contributed by atoms with E-state index in [1.807, 2.05) is 13.0 Å². The molecule has 0 radical (unpaired) electrons. The van der Waals surface area contributed by atoms with Gasteiger partial charge in [-0.1, -0.05) is 38.8 Å². The summed E-state index contributed by atoms with van der Waals surface area (Å²) in [6.07, 6.45) is 2.33. The highest BCUT2D eigenvalue weighted by molar-refractivity contribution is 5.87. The molecule has 0 aliphatic carbocycles. The lowest BCUT2D eigenvalue weighted by molar-refractivity contribution is -0.149. The van der Waals surface area contributed by atoms with Gasteiger partial charge < -0.3 is 19.5 Å². The number of methoxy groups -OCH3 is 1. The molecule has 0 saturated heterocycles. The Hall–Kier alpha value is -2.24. The Balaban J connectivity index is 3.26. The average Bonchev–Trinajstić information content (AvgIpc) is 2.59. The molecular formula is C21H33NO5. The van der Waals surface area contributed by atoms with Gasteiger partial charge in [0, 0.05) is 0 Å². The molecular weight excluding hydrogens is 346 g/mol. The Bertz CT molecular complexity index is 623. The minimum atomic E-state index is -1.34. The maximum absolute atomic E-state index is 12.8. The number of nitrogens with one attached hydrogen (secondary N) is 1. The van der Waals surface area contributed by atoms with Crippen LogP contribution in [0.5, 0.6) is 5.75 Å². The van der Waals surface area contributed by atoms with E-state index in [-0.39, 0.29) is 0 Å². The maximum Gasteiger partial charge on any atom is 0.408 e. The Labute approximate surface area is 162 Å². The molecule has 0 fully saturated rings. The van der Waals surface area contributed by atoms with Gasteiger partial charge in [0.2, 0.25) is 0 Å². The Morgan fingerprint density at radius 1 is 1.11 bits per heavy atom. The van der Waals surface area contributed by atoms with Gasteiger partial charge in [0.05, 0.1) is 13.7 Å². The van der Waals surface area contributed by atoms with Crippen LogP contribution in [-0.4, -0.2) is 31.4 Å². The van der Waals surface area contributed by atoms with Crippen molar-refractivity contribution in [2.45, 2.75) is 71.4 Å². The van der Waals surface area contributed by atoms with E-state index in [2.05, 4.69) is 12.2 Å². The highest BCUT2D eigenvalue weighted by Crippen LogP contribution is 2.31. The monoisotopic (exact) mass is 379 g/mol. The molecule has 0 aliphatic rings. The Morgan fingerprint density at radius 2 is 1.81 bits per heavy atom. The van der Waals surface area contributed by atoms with E-state index in [9.17, 15) is 9.59 Å². The molecule has 27 heavy (non-hydrogen) atoms.